The first-order chi connectivity index (χ1) is 8.06. The predicted octanol–water partition coefficient (Wildman–Crippen LogP) is 1.89. The van der Waals surface area contributed by atoms with Crippen LogP contribution in [0.25, 0.3) is 0 Å². The lowest BCUT2D eigenvalue weighted by Gasteiger charge is -2.07. The molecular weight excluding hydrogens is 232 g/mol. The SMILES string of the molecule is Cc1nc(Cn2ccnc2CC(C)N)sc1C. The van der Waals surface area contributed by atoms with Crippen LogP contribution in [0.5, 0.6) is 0 Å². The third-order valence-corrected chi connectivity index (χ3v) is 3.74. The topological polar surface area (TPSA) is 56.7 Å². The summed E-state index contributed by atoms with van der Waals surface area (Å²) in [5, 5.41) is 1.13. The Bertz CT molecular complexity index is 479. The van der Waals surface area contributed by atoms with E-state index < -0.39 is 0 Å². The lowest BCUT2D eigenvalue weighted by Crippen LogP contribution is -2.20. The molecule has 0 aromatic carbocycles. The minimum Gasteiger partial charge on any atom is -0.328 e. The normalized spacial score (nSPS) is 12.9. The third-order valence-electron chi connectivity index (χ3n) is 2.68. The summed E-state index contributed by atoms with van der Waals surface area (Å²) < 4.78 is 2.13. The van der Waals surface area contributed by atoms with Crippen LogP contribution in [0.4, 0.5) is 0 Å². The van der Waals surface area contributed by atoms with Crippen molar-refractivity contribution in [1.82, 2.24) is 14.5 Å². The molecule has 0 spiro atoms. The molecule has 0 radical (unpaired) electrons. The van der Waals surface area contributed by atoms with Crippen LogP contribution in [0.1, 0.15) is 28.3 Å². The zero-order valence-corrected chi connectivity index (χ0v) is 11.3. The number of nitrogens with two attached hydrogens (primary N) is 1. The van der Waals surface area contributed by atoms with E-state index in [0.717, 1.165) is 29.5 Å². The van der Waals surface area contributed by atoms with Gasteiger partial charge >= 0.3 is 0 Å². The van der Waals surface area contributed by atoms with E-state index in [-0.39, 0.29) is 6.04 Å². The van der Waals surface area contributed by atoms with Crippen LogP contribution in [0.2, 0.25) is 0 Å². The molecule has 1 atom stereocenters. The average molecular weight is 250 g/mol. The fourth-order valence-corrected chi connectivity index (χ4v) is 2.65. The molecule has 2 aromatic rings. The largest absolute Gasteiger partial charge is 0.328 e. The van der Waals surface area contributed by atoms with Crippen LogP contribution in [-0.4, -0.2) is 20.6 Å². The molecule has 2 aromatic heterocycles. The fraction of sp³-hybridized carbons (Fsp3) is 0.500. The van der Waals surface area contributed by atoms with E-state index in [0.29, 0.717) is 0 Å². The molecule has 92 valence electrons. The Hall–Kier alpha value is -1.20. The lowest BCUT2D eigenvalue weighted by atomic mass is 10.2. The molecule has 4 nitrogen and oxygen atoms in total. The van der Waals surface area contributed by atoms with Crippen molar-refractivity contribution in [2.45, 2.75) is 39.8 Å². The Kier molecular flexibility index (Phi) is 3.59. The van der Waals surface area contributed by atoms with E-state index in [1.54, 1.807) is 11.3 Å². The van der Waals surface area contributed by atoms with Crippen molar-refractivity contribution in [1.29, 1.82) is 0 Å². The van der Waals surface area contributed by atoms with E-state index in [1.165, 1.54) is 4.88 Å². The van der Waals surface area contributed by atoms with Gasteiger partial charge in [-0.05, 0) is 20.8 Å². The summed E-state index contributed by atoms with van der Waals surface area (Å²) in [4.78, 5) is 10.2. The molecule has 5 heteroatoms. The predicted molar refractivity (Wildman–Crippen MR) is 70.3 cm³/mol. The van der Waals surface area contributed by atoms with Crippen LogP contribution < -0.4 is 5.73 Å². The van der Waals surface area contributed by atoms with Gasteiger partial charge in [0.1, 0.15) is 10.8 Å². The second-order valence-corrected chi connectivity index (χ2v) is 5.69. The highest BCUT2D eigenvalue weighted by Gasteiger charge is 2.09. The summed E-state index contributed by atoms with van der Waals surface area (Å²) in [6.07, 6.45) is 4.62. The summed E-state index contributed by atoms with van der Waals surface area (Å²) in [6.45, 7) is 6.94. The van der Waals surface area contributed by atoms with Crippen LogP contribution >= 0.6 is 11.3 Å². The summed E-state index contributed by atoms with van der Waals surface area (Å²) >= 11 is 1.75. The van der Waals surface area contributed by atoms with Crippen molar-refractivity contribution < 1.29 is 0 Å². The number of imidazole rings is 1. The minimum atomic E-state index is 0.135. The lowest BCUT2D eigenvalue weighted by molar-refractivity contribution is 0.647. The molecule has 0 bridgehead atoms. The van der Waals surface area contributed by atoms with Gasteiger partial charge in [-0.2, -0.15) is 0 Å². The van der Waals surface area contributed by atoms with Crippen molar-refractivity contribution in [2.75, 3.05) is 0 Å². The number of rotatable bonds is 4. The molecule has 1 unspecified atom stereocenters. The standard InChI is InChI=1S/C12H18N4S/c1-8(13)6-11-14-4-5-16(11)7-12-15-9(2)10(3)17-12/h4-5,8H,6-7,13H2,1-3H3. The van der Waals surface area contributed by atoms with E-state index in [1.807, 2.05) is 26.2 Å². The number of nitrogens with zero attached hydrogens (tertiary/aromatic N) is 3. The van der Waals surface area contributed by atoms with Gasteiger partial charge in [0.2, 0.25) is 0 Å². The molecular formula is C12H18N4S. The summed E-state index contributed by atoms with van der Waals surface area (Å²) in [5.41, 5.74) is 6.93. The number of thiazole rings is 1. The second-order valence-electron chi connectivity index (χ2n) is 4.40. The number of aromatic nitrogens is 3. The minimum absolute atomic E-state index is 0.135. The molecule has 0 fully saturated rings. The van der Waals surface area contributed by atoms with Gasteiger partial charge in [0.15, 0.2) is 0 Å². The Morgan fingerprint density at radius 2 is 2.24 bits per heavy atom. The van der Waals surface area contributed by atoms with Gasteiger partial charge in [0, 0.05) is 29.7 Å². The van der Waals surface area contributed by atoms with Gasteiger partial charge in [-0.1, -0.05) is 0 Å². The smallest absolute Gasteiger partial charge is 0.113 e. The average Bonchev–Trinajstić information content (AvgIpc) is 2.76. The summed E-state index contributed by atoms with van der Waals surface area (Å²) in [5.74, 6) is 1.03. The van der Waals surface area contributed by atoms with Gasteiger partial charge in [-0.15, -0.1) is 11.3 Å². The van der Waals surface area contributed by atoms with Gasteiger partial charge in [-0.25, -0.2) is 9.97 Å². The highest BCUT2D eigenvalue weighted by Crippen LogP contribution is 2.18. The fourth-order valence-electron chi connectivity index (χ4n) is 1.71. The van der Waals surface area contributed by atoms with Crippen molar-refractivity contribution in [3.8, 4) is 0 Å². The van der Waals surface area contributed by atoms with E-state index in [2.05, 4.69) is 21.5 Å². The molecule has 0 saturated heterocycles. The van der Waals surface area contributed by atoms with E-state index in [9.17, 15) is 0 Å². The van der Waals surface area contributed by atoms with Crippen LogP contribution in [0, 0.1) is 13.8 Å². The number of hydrogen-bond acceptors (Lipinski definition) is 4. The molecule has 0 saturated carbocycles. The van der Waals surface area contributed by atoms with Gasteiger partial charge < -0.3 is 10.3 Å². The van der Waals surface area contributed by atoms with E-state index in [4.69, 9.17) is 5.73 Å². The van der Waals surface area contributed by atoms with E-state index >= 15 is 0 Å². The zero-order valence-electron chi connectivity index (χ0n) is 10.5. The van der Waals surface area contributed by atoms with Crippen molar-refractivity contribution in [3.05, 3.63) is 33.8 Å². The Labute approximate surface area is 106 Å². The monoisotopic (exact) mass is 250 g/mol. The first-order valence-electron chi connectivity index (χ1n) is 5.74. The number of aryl methyl sites for hydroxylation is 2. The molecule has 0 aliphatic carbocycles. The van der Waals surface area contributed by atoms with Crippen molar-refractivity contribution in [2.24, 2.45) is 5.73 Å². The first kappa shape index (κ1) is 12.3. The zero-order chi connectivity index (χ0) is 12.4. The highest BCUT2D eigenvalue weighted by molar-refractivity contribution is 7.11. The molecule has 0 aliphatic heterocycles. The third kappa shape index (κ3) is 2.92. The van der Waals surface area contributed by atoms with Crippen LogP contribution in [0.3, 0.4) is 0 Å². The highest BCUT2D eigenvalue weighted by atomic mass is 32.1. The van der Waals surface area contributed by atoms with Crippen LogP contribution in [-0.2, 0) is 13.0 Å². The Morgan fingerprint density at radius 1 is 1.47 bits per heavy atom. The maximum Gasteiger partial charge on any atom is 0.113 e. The quantitative estimate of drug-likeness (QED) is 0.901. The maximum absolute atomic E-state index is 5.81. The van der Waals surface area contributed by atoms with Crippen LogP contribution in [0.15, 0.2) is 12.4 Å². The second kappa shape index (κ2) is 4.98. The molecule has 2 N–H and O–H groups in total. The molecule has 2 heterocycles. The summed E-state index contributed by atoms with van der Waals surface area (Å²) in [7, 11) is 0. The molecule has 0 amide bonds. The van der Waals surface area contributed by atoms with Crippen molar-refractivity contribution >= 4 is 11.3 Å². The molecule has 0 aliphatic rings. The van der Waals surface area contributed by atoms with Gasteiger partial charge in [-0.3, -0.25) is 0 Å². The molecule has 2 rings (SSSR count). The van der Waals surface area contributed by atoms with Gasteiger partial charge in [0.05, 0.1) is 12.2 Å². The Morgan fingerprint density at radius 3 is 2.82 bits per heavy atom. The summed E-state index contributed by atoms with van der Waals surface area (Å²) in [6, 6.07) is 0.135. The number of hydrogen-bond donors (Lipinski definition) is 1. The molecule has 17 heavy (non-hydrogen) atoms. The first-order valence-corrected chi connectivity index (χ1v) is 6.56. The Balaban J connectivity index is 2.15. The van der Waals surface area contributed by atoms with Gasteiger partial charge in [0.25, 0.3) is 0 Å². The maximum atomic E-state index is 5.81. The van der Waals surface area contributed by atoms with Crippen molar-refractivity contribution in [3.63, 3.8) is 0 Å².